The van der Waals surface area contributed by atoms with Gasteiger partial charge in [-0.05, 0) is 43.9 Å². The van der Waals surface area contributed by atoms with Gasteiger partial charge >= 0.3 is 11.9 Å². The summed E-state index contributed by atoms with van der Waals surface area (Å²) in [7, 11) is 0. The Morgan fingerprint density at radius 2 is 1.61 bits per heavy atom. The van der Waals surface area contributed by atoms with Crippen molar-refractivity contribution in [1.82, 2.24) is 0 Å². The van der Waals surface area contributed by atoms with E-state index in [0.29, 0.717) is 12.8 Å². The Morgan fingerprint density at radius 3 is 2.09 bits per heavy atom. The first-order valence-electron chi connectivity index (χ1n) is 8.28. The second-order valence-corrected chi connectivity index (χ2v) is 9.76. The third kappa shape index (κ3) is 2.01. The second-order valence-electron chi connectivity index (χ2n) is 9.76. The van der Waals surface area contributed by atoms with Gasteiger partial charge in [-0.1, -0.05) is 20.8 Å². The van der Waals surface area contributed by atoms with Gasteiger partial charge in [0.15, 0.2) is 11.2 Å². The van der Waals surface area contributed by atoms with Gasteiger partial charge < -0.3 is 9.84 Å². The zero-order valence-corrected chi connectivity index (χ0v) is 14.6. The van der Waals surface area contributed by atoms with E-state index in [4.69, 9.17) is 4.74 Å². The monoisotopic (exact) mass is 322 g/mol. The highest BCUT2D eigenvalue weighted by molar-refractivity contribution is 6.06. The van der Waals surface area contributed by atoms with Crippen LogP contribution in [-0.4, -0.2) is 28.4 Å². The molecule has 128 valence electrons. The molecule has 0 radical (unpaired) electrons. The molecule has 3 unspecified atom stereocenters. The highest BCUT2D eigenvalue weighted by Gasteiger charge is 2.76. The van der Waals surface area contributed by atoms with Gasteiger partial charge in [0.25, 0.3) is 0 Å². The van der Waals surface area contributed by atoms with Gasteiger partial charge in [0.2, 0.25) is 0 Å². The minimum absolute atomic E-state index is 0.217. The van der Waals surface area contributed by atoms with Gasteiger partial charge in [0.1, 0.15) is 5.60 Å². The average molecular weight is 322 g/mol. The number of carbonyl (C=O) groups excluding carboxylic acids is 2. The number of hydrogen-bond acceptors (Lipinski definition) is 4. The van der Waals surface area contributed by atoms with E-state index in [1.807, 2.05) is 20.8 Å². The van der Waals surface area contributed by atoms with Crippen molar-refractivity contribution in [2.24, 2.45) is 21.7 Å². The largest absolute Gasteiger partial charge is 0.480 e. The van der Waals surface area contributed by atoms with Crippen LogP contribution < -0.4 is 0 Å². The molecular formula is C18H26O5. The van der Waals surface area contributed by atoms with Crippen LogP contribution in [0.15, 0.2) is 0 Å². The maximum atomic E-state index is 13.1. The van der Waals surface area contributed by atoms with Crippen LogP contribution in [0.3, 0.4) is 0 Å². The molecule has 0 aromatic rings. The lowest BCUT2D eigenvalue weighted by molar-refractivity contribution is -0.178. The lowest BCUT2D eigenvalue weighted by Crippen LogP contribution is -2.55. The minimum atomic E-state index is -1.60. The molecular weight excluding hydrogens is 296 g/mol. The molecule has 1 N–H and O–H groups in total. The number of esters is 1. The summed E-state index contributed by atoms with van der Waals surface area (Å²) < 4.78 is 5.72. The number of Topliss-reactive ketones (excluding diaryl/α,β-unsaturated/α-hetero) is 1. The molecule has 2 bridgehead atoms. The Balaban J connectivity index is 2.20. The molecule has 1 saturated heterocycles. The summed E-state index contributed by atoms with van der Waals surface area (Å²) in [6.45, 7) is 9.62. The molecule has 1 heterocycles. The zero-order chi connectivity index (χ0) is 17.5. The fraction of sp³-hybridized carbons (Fsp3) is 0.833. The molecule has 2 aliphatic carbocycles. The van der Waals surface area contributed by atoms with Gasteiger partial charge in [-0.2, -0.15) is 0 Å². The van der Waals surface area contributed by atoms with Crippen LogP contribution in [0.2, 0.25) is 0 Å². The summed E-state index contributed by atoms with van der Waals surface area (Å²) in [4.78, 5) is 37.7. The molecule has 23 heavy (non-hydrogen) atoms. The molecule has 3 rings (SSSR count). The molecule has 3 fully saturated rings. The first-order valence-corrected chi connectivity index (χ1v) is 8.28. The normalized spacial score (nSPS) is 44.2. The number of ether oxygens (including phenoxy) is 1. The van der Waals surface area contributed by atoms with E-state index < -0.39 is 22.4 Å². The summed E-state index contributed by atoms with van der Waals surface area (Å²) in [5.41, 5.74) is -4.08. The third-order valence-corrected chi connectivity index (χ3v) is 6.14. The highest BCUT2D eigenvalue weighted by Crippen LogP contribution is 2.68. The number of hydrogen-bond donors (Lipinski definition) is 1. The quantitative estimate of drug-likeness (QED) is 0.593. The van der Waals surface area contributed by atoms with E-state index in [0.717, 1.165) is 6.42 Å². The molecule has 3 aliphatic rings. The van der Waals surface area contributed by atoms with E-state index in [1.54, 1.807) is 13.8 Å². The van der Waals surface area contributed by atoms with Gasteiger partial charge in [-0.15, -0.1) is 0 Å². The van der Waals surface area contributed by atoms with E-state index in [1.165, 1.54) is 0 Å². The molecule has 2 saturated carbocycles. The second kappa shape index (κ2) is 4.17. The number of fused-ring (bicyclic) bond motifs is 3. The number of aliphatic carboxylic acids is 1. The first kappa shape index (κ1) is 16.5. The summed E-state index contributed by atoms with van der Waals surface area (Å²) in [5, 5.41) is 10.1. The Bertz CT molecular complexity index is 619. The Kier molecular flexibility index (Phi) is 2.98. The molecule has 3 atom stereocenters. The average Bonchev–Trinajstić information content (AvgIpc) is 2.64. The van der Waals surface area contributed by atoms with Gasteiger partial charge in [0.05, 0.1) is 5.41 Å². The number of carbonyl (C=O) groups is 3. The predicted octanol–water partition coefficient (Wildman–Crippen LogP) is 2.96. The van der Waals surface area contributed by atoms with Crippen LogP contribution in [0.5, 0.6) is 0 Å². The van der Waals surface area contributed by atoms with Crippen LogP contribution in [0, 0.1) is 21.7 Å². The molecule has 5 heteroatoms. The lowest BCUT2D eigenvalue weighted by Gasteiger charge is -2.41. The third-order valence-electron chi connectivity index (χ3n) is 6.14. The van der Waals surface area contributed by atoms with Crippen LogP contribution in [0.4, 0.5) is 0 Å². The minimum Gasteiger partial charge on any atom is -0.480 e. The summed E-state index contributed by atoms with van der Waals surface area (Å²) in [5.74, 6) is -1.80. The van der Waals surface area contributed by atoms with Crippen molar-refractivity contribution in [3.63, 3.8) is 0 Å². The molecule has 0 aromatic heterocycles. The van der Waals surface area contributed by atoms with Crippen molar-refractivity contribution in [2.45, 2.75) is 72.3 Å². The Hall–Kier alpha value is -1.39. The van der Waals surface area contributed by atoms with Crippen molar-refractivity contribution >= 4 is 17.7 Å². The van der Waals surface area contributed by atoms with Crippen LogP contribution in [-0.2, 0) is 19.1 Å². The Morgan fingerprint density at radius 1 is 1.00 bits per heavy atom. The summed E-state index contributed by atoms with van der Waals surface area (Å²) in [6, 6.07) is 0. The molecule has 0 aromatic carbocycles. The highest BCUT2D eigenvalue weighted by atomic mass is 16.6. The van der Waals surface area contributed by atoms with Crippen molar-refractivity contribution in [3.05, 3.63) is 0 Å². The maximum Gasteiger partial charge on any atom is 0.321 e. The number of carboxylic acids is 1. The van der Waals surface area contributed by atoms with E-state index in [2.05, 4.69) is 0 Å². The van der Waals surface area contributed by atoms with Gasteiger partial charge in [-0.3, -0.25) is 14.4 Å². The predicted molar refractivity (Wildman–Crippen MR) is 82.7 cm³/mol. The van der Waals surface area contributed by atoms with E-state index in [-0.39, 0.29) is 35.4 Å². The Labute approximate surface area is 136 Å². The lowest BCUT2D eigenvalue weighted by atomic mass is 9.63. The van der Waals surface area contributed by atoms with Crippen LogP contribution in [0.1, 0.15) is 66.7 Å². The summed E-state index contributed by atoms with van der Waals surface area (Å²) in [6.07, 6.45) is 2.00. The van der Waals surface area contributed by atoms with E-state index >= 15 is 0 Å². The molecule has 0 amide bonds. The van der Waals surface area contributed by atoms with Crippen LogP contribution >= 0.6 is 0 Å². The number of carboxylic acid groups (broad SMARTS) is 1. The SMILES string of the molecule is CC1(C)CC(=O)C2(C(=O)O)CC(C)(C1)CC21CC(C)(C)C(=O)O1. The molecule has 5 nitrogen and oxygen atoms in total. The van der Waals surface area contributed by atoms with Crippen molar-refractivity contribution in [2.75, 3.05) is 0 Å². The van der Waals surface area contributed by atoms with Crippen molar-refractivity contribution in [3.8, 4) is 0 Å². The van der Waals surface area contributed by atoms with Gasteiger partial charge in [-0.25, -0.2) is 0 Å². The standard InChI is InChI=1S/C18H26O5/c1-14(2)6-11(19)18(12(20)21)10-16(5,7-14)9-17(18)8-15(3,4)13(22)23-17/h6-10H2,1-5H3,(H,20,21). The maximum absolute atomic E-state index is 13.1. The number of rotatable bonds is 1. The fourth-order valence-corrected chi connectivity index (χ4v) is 5.85. The molecule has 1 aliphatic heterocycles. The van der Waals surface area contributed by atoms with Gasteiger partial charge in [0, 0.05) is 12.8 Å². The van der Waals surface area contributed by atoms with Crippen molar-refractivity contribution in [1.29, 1.82) is 0 Å². The first-order chi connectivity index (χ1) is 10.3. The molecule has 1 spiro atoms. The summed E-state index contributed by atoms with van der Waals surface area (Å²) >= 11 is 0. The van der Waals surface area contributed by atoms with E-state index in [9.17, 15) is 19.5 Å². The smallest absolute Gasteiger partial charge is 0.321 e. The zero-order valence-electron chi connectivity index (χ0n) is 14.6. The number of ketones is 1. The topological polar surface area (TPSA) is 80.7 Å². The van der Waals surface area contributed by atoms with Crippen molar-refractivity contribution < 1.29 is 24.2 Å². The van der Waals surface area contributed by atoms with Crippen LogP contribution in [0.25, 0.3) is 0 Å². The fourth-order valence-electron chi connectivity index (χ4n) is 5.85.